The van der Waals surface area contributed by atoms with Gasteiger partial charge in [-0.3, -0.25) is 4.57 Å². The van der Waals surface area contributed by atoms with Crippen LogP contribution in [0, 0.1) is 6.92 Å². The van der Waals surface area contributed by atoms with Crippen LogP contribution >= 0.6 is 0 Å². The van der Waals surface area contributed by atoms with Gasteiger partial charge in [0.1, 0.15) is 0 Å². The van der Waals surface area contributed by atoms with Crippen LogP contribution in [0.3, 0.4) is 0 Å². The number of aryl methyl sites for hydroxylation is 1. The molecule has 0 amide bonds. The molecule has 4 nitrogen and oxygen atoms in total. The molecule has 0 atom stereocenters. The van der Waals surface area contributed by atoms with Crippen LogP contribution in [0.4, 0.5) is 5.95 Å². The van der Waals surface area contributed by atoms with Gasteiger partial charge in [0.05, 0.1) is 5.69 Å². The first-order valence-electron chi connectivity index (χ1n) is 8.98. The quantitative estimate of drug-likeness (QED) is 0.572. The topological polar surface area (TPSA) is 56.7 Å². The summed E-state index contributed by atoms with van der Waals surface area (Å²) in [5.41, 5.74) is 10.9. The van der Waals surface area contributed by atoms with Crippen molar-refractivity contribution in [3.63, 3.8) is 0 Å². The van der Waals surface area contributed by atoms with Gasteiger partial charge in [0, 0.05) is 10.9 Å². The van der Waals surface area contributed by atoms with Gasteiger partial charge in [0.15, 0.2) is 5.82 Å². The van der Waals surface area contributed by atoms with Crippen LogP contribution in [-0.4, -0.2) is 14.8 Å². The number of anilines is 1. The normalized spacial score (nSPS) is 11.2. The molecule has 0 aliphatic heterocycles. The third-order valence-electron chi connectivity index (χ3n) is 4.90. The highest BCUT2D eigenvalue weighted by Gasteiger charge is 2.17. The molecular formula is C22H22N4. The molecule has 0 radical (unpaired) electrons. The number of hydrogen-bond acceptors (Lipinski definition) is 3. The third-order valence-corrected chi connectivity index (χ3v) is 4.90. The molecule has 0 saturated heterocycles. The summed E-state index contributed by atoms with van der Waals surface area (Å²) in [5, 5.41) is 10.9. The fourth-order valence-corrected chi connectivity index (χ4v) is 3.58. The molecule has 0 bridgehead atoms. The first-order chi connectivity index (χ1) is 12.7. The van der Waals surface area contributed by atoms with E-state index in [1.807, 2.05) is 22.8 Å². The van der Waals surface area contributed by atoms with Crippen molar-refractivity contribution in [2.75, 3.05) is 5.73 Å². The molecule has 3 aromatic carbocycles. The summed E-state index contributed by atoms with van der Waals surface area (Å²) in [6, 6.07) is 20.9. The Kier molecular flexibility index (Phi) is 4.17. The van der Waals surface area contributed by atoms with Crippen LogP contribution in [0.5, 0.6) is 0 Å². The standard InChI is InChI=1S/C22H22N4/c1-3-8-16-10-6-13-18(15(16)2)21-24-25-22(23)26(21)20-14-7-11-17-9-4-5-12-19(17)20/h4-7,9-14H,3,8H2,1-2H3,(H2,23,25). The average Bonchev–Trinajstić information content (AvgIpc) is 3.04. The van der Waals surface area contributed by atoms with E-state index in [2.05, 4.69) is 66.5 Å². The molecule has 0 spiro atoms. The Morgan fingerprint density at radius 2 is 1.69 bits per heavy atom. The Bertz CT molecular complexity index is 1070. The molecule has 4 rings (SSSR count). The molecule has 1 heterocycles. The molecule has 0 aliphatic carbocycles. The van der Waals surface area contributed by atoms with E-state index in [-0.39, 0.29) is 0 Å². The van der Waals surface area contributed by atoms with Crippen molar-refractivity contribution in [1.29, 1.82) is 0 Å². The maximum atomic E-state index is 6.24. The minimum atomic E-state index is 0.400. The molecule has 0 aliphatic rings. The largest absolute Gasteiger partial charge is 0.368 e. The Morgan fingerprint density at radius 1 is 0.923 bits per heavy atom. The van der Waals surface area contributed by atoms with Gasteiger partial charge in [0.2, 0.25) is 5.95 Å². The second-order valence-electron chi connectivity index (χ2n) is 6.56. The highest BCUT2D eigenvalue weighted by molar-refractivity contribution is 5.91. The van der Waals surface area contributed by atoms with Gasteiger partial charge in [-0.05, 0) is 35.9 Å². The predicted molar refractivity (Wildman–Crippen MR) is 107 cm³/mol. The zero-order valence-corrected chi connectivity index (χ0v) is 15.1. The fourth-order valence-electron chi connectivity index (χ4n) is 3.58. The molecule has 4 aromatic rings. The summed E-state index contributed by atoms with van der Waals surface area (Å²) in [6.45, 7) is 4.35. The summed E-state index contributed by atoms with van der Waals surface area (Å²) in [6.07, 6.45) is 2.17. The molecular weight excluding hydrogens is 320 g/mol. The van der Waals surface area contributed by atoms with Crippen molar-refractivity contribution in [3.8, 4) is 17.1 Å². The summed E-state index contributed by atoms with van der Waals surface area (Å²) < 4.78 is 1.96. The van der Waals surface area contributed by atoms with Crippen molar-refractivity contribution in [3.05, 3.63) is 71.8 Å². The van der Waals surface area contributed by atoms with Gasteiger partial charge in [-0.15, -0.1) is 10.2 Å². The Labute approximate surface area is 153 Å². The number of hydrogen-bond donors (Lipinski definition) is 1. The number of nitrogen functional groups attached to an aromatic ring is 1. The number of fused-ring (bicyclic) bond motifs is 1. The van der Waals surface area contributed by atoms with Gasteiger partial charge in [-0.1, -0.05) is 67.9 Å². The molecule has 130 valence electrons. The lowest BCUT2D eigenvalue weighted by molar-refractivity contribution is 0.912. The summed E-state index contributed by atoms with van der Waals surface area (Å²) >= 11 is 0. The second-order valence-corrected chi connectivity index (χ2v) is 6.56. The molecule has 26 heavy (non-hydrogen) atoms. The van der Waals surface area contributed by atoms with Crippen LogP contribution in [0.2, 0.25) is 0 Å². The smallest absolute Gasteiger partial charge is 0.226 e. The van der Waals surface area contributed by atoms with Crippen LogP contribution < -0.4 is 5.73 Å². The number of nitrogens with zero attached hydrogens (tertiary/aromatic N) is 3. The van der Waals surface area contributed by atoms with Crippen molar-refractivity contribution >= 4 is 16.7 Å². The average molecular weight is 342 g/mol. The van der Waals surface area contributed by atoms with E-state index in [0.717, 1.165) is 35.3 Å². The van der Waals surface area contributed by atoms with Crippen molar-refractivity contribution in [1.82, 2.24) is 14.8 Å². The lowest BCUT2D eigenvalue weighted by Crippen LogP contribution is -2.04. The molecule has 4 heteroatoms. The lowest BCUT2D eigenvalue weighted by atomic mass is 9.98. The Hall–Kier alpha value is -3.14. The fraction of sp³-hybridized carbons (Fsp3) is 0.182. The van der Waals surface area contributed by atoms with Gasteiger partial charge < -0.3 is 5.73 Å². The number of nitrogens with two attached hydrogens (primary N) is 1. The van der Waals surface area contributed by atoms with Gasteiger partial charge in [-0.2, -0.15) is 0 Å². The minimum Gasteiger partial charge on any atom is -0.368 e. The number of aromatic nitrogens is 3. The van der Waals surface area contributed by atoms with Crippen LogP contribution in [0.25, 0.3) is 27.8 Å². The summed E-state index contributed by atoms with van der Waals surface area (Å²) in [5.74, 6) is 1.19. The highest BCUT2D eigenvalue weighted by Crippen LogP contribution is 2.31. The summed E-state index contributed by atoms with van der Waals surface area (Å²) in [7, 11) is 0. The number of benzene rings is 3. The van der Waals surface area contributed by atoms with Crippen molar-refractivity contribution in [2.24, 2.45) is 0 Å². The molecule has 0 saturated carbocycles. The SMILES string of the molecule is CCCc1cccc(-c2nnc(N)n2-c2cccc3ccccc23)c1C. The van der Waals surface area contributed by atoms with E-state index in [0.29, 0.717) is 5.95 Å². The van der Waals surface area contributed by atoms with E-state index < -0.39 is 0 Å². The minimum absolute atomic E-state index is 0.400. The van der Waals surface area contributed by atoms with Crippen LogP contribution in [-0.2, 0) is 6.42 Å². The van der Waals surface area contributed by atoms with Crippen LogP contribution in [0.1, 0.15) is 24.5 Å². The van der Waals surface area contributed by atoms with Crippen molar-refractivity contribution in [2.45, 2.75) is 26.7 Å². The van der Waals surface area contributed by atoms with Gasteiger partial charge in [0.25, 0.3) is 0 Å². The summed E-state index contributed by atoms with van der Waals surface area (Å²) in [4.78, 5) is 0. The van der Waals surface area contributed by atoms with E-state index in [4.69, 9.17) is 5.73 Å². The van der Waals surface area contributed by atoms with E-state index >= 15 is 0 Å². The maximum Gasteiger partial charge on any atom is 0.226 e. The first kappa shape index (κ1) is 16.3. The Morgan fingerprint density at radius 3 is 2.54 bits per heavy atom. The Balaban J connectivity index is 1.97. The highest BCUT2D eigenvalue weighted by atomic mass is 15.3. The zero-order chi connectivity index (χ0) is 18.1. The monoisotopic (exact) mass is 342 g/mol. The predicted octanol–water partition coefficient (Wildman–Crippen LogP) is 4.93. The molecule has 0 unspecified atom stereocenters. The van der Waals surface area contributed by atoms with Gasteiger partial charge >= 0.3 is 0 Å². The maximum absolute atomic E-state index is 6.24. The number of rotatable bonds is 4. The molecule has 1 aromatic heterocycles. The second kappa shape index (κ2) is 6.64. The van der Waals surface area contributed by atoms with E-state index in [1.165, 1.54) is 16.5 Å². The zero-order valence-electron chi connectivity index (χ0n) is 15.1. The van der Waals surface area contributed by atoms with Crippen LogP contribution in [0.15, 0.2) is 60.7 Å². The van der Waals surface area contributed by atoms with Crippen molar-refractivity contribution < 1.29 is 0 Å². The van der Waals surface area contributed by atoms with E-state index in [1.54, 1.807) is 0 Å². The third kappa shape index (κ3) is 2.64. The molecule has 2 N–H and O–H groups in total. The van der Waals surface area contributed by atoms with E-state index in [9.17, 15) is 0 Å². The van der Waals surface area contributed by atoms with Gasteiger partial charge in [-0.25, -0.2) is 0 Å². The molecule has 0 fully saturated rings. The first-order valence-corrected chi connectivity index (χ1v) is 8.98. The lowest BCUT2D eigenvalue weighted by Gasteiger charge is -2.14.